The Morgan fingerprint density at radius 2 is 2.40 bits per heavy atom. The summed E-state index contributed by atoms with van der Waals surface area (Å²) < 4.78 is 1.29. The number of nitrogens with one attached hydrogen (secondary N) is 2. The molecule has 0 bridgehead atoms. The van der Waals surface area contributed by atoms with Crippen molar-refractivity contribution in [2.75, 3.05) is 6.54 Å². The summed E-state index contributed by atoms with van der Waals surface area (Å²) >= 11 is 2.32. The van der Waals surface area contributed by atoms with Gasteiger partial charge in [0.05, 0.1) is 0 Å². The Bertz CT molecular complexity index is 227. The van der Waals surface area contributed by atoms with E-state index in [1.54, 1.807) is 0 Å². The molecule has 3 heteroatoms. The molecule has 2 rings (SSSR count). The van der Waals surface area contributed by atoms with Gasteiger partial charge in [0.25, 0.3) is 0 Å². The monoisotopic (exact) mass is 248 g/mol. The normalized spacial score (nSPS) is 24.3. The van der Waals surface area contributed by atoms with Gasteiger partial charge in [0, 0.05) is 21.5 Å². The maximum Gasteiger partial charge on any atom is 0.0485 e. The summed E-state index contributed by atoms with van der Waals surface area (Å²) in [5, 5.41) is 3.34. The van der Waals surface area contributed by atoms with Crippen LogP contribution >= 0.6 is 22.6 Å². The molecule has 1 aromatic heterocycles. The molecule has 1 aromatic rings. The van der Waals surface area contributed by atoms with Crippen molar-refractivity contribution in [3.63, 3.8) is 0 Å². The second-order valence-electron chi connectivity index (χ2n) is 2.57. The van der Waals surface area contributed by atoms with E-state index in [9.17, 15) is 0 Å². The molecule has 1 aliphatic rings. The van der Waals surface area contributed by atoms with Gasteiger partial charge in [-0.25, -0.2) is 0 Å². The van der Waals surface area contributed by atoms with Crippen molar-refractivity contribution in [2.45, 2.75) is 12.5 Å². The third kappa shape index (κ3) is 1.08. The molecule has 0 saturated carbocycles. The fourth-order valence-electron chi connectivity index (χ4n) is 1.14. The van der Waals surface area contributed by atoms with Gasteiger partial charge in [-0.3, -0.25) is 0 Å². The zero-order chi connectivity index (χ0) is 6.97. The summed E-state index contributed by atoms with van der Waals surface area (Å²) in [5.41, 5.74) is 1.33. The molecular formula is C7H9IN2. The summed E-state index contributed by atoms with van der Waals surface area (Å²) in [4.78, 5) is 3.24. The number of halogens is 1. The lowest BCUT2D eigenvalue weighted by atomic mass is 10.0. The van der Waals surface area contributed by atoms with Crippen molar-refractivity contribution in [1.29, 1.82) is 0 Å². The van der Waals surface area contributed by atoms with Gasteiger partial charge in [-0.05, 0) is 41.6 Å². The van der Waals surface area contributed by atoms with E-state index in [4.69, 9.17) is 0 Å². The Hall–Kier alpha value is -0.0300. The van der Waals surface area contributed by atoms with Crippen molar-refractivity contribution in [3.05, 3.63) is 21.5 Å². The van der Waals surface area contributed by atoms with Crippen LogP contribution in [0.2, 0.25) is 0 Å². The molecule has 0 aromatic carbocycles. The zero-order valence-corrected chi connectivity index (χ0v) is 7.68. The average molecular weight is 248 g/mol. The van der Waals surface area contributed by atoms with Crippen molar-refractivity contribution < 1.29 is 0 Å². The van der Waals surface area contributed by atoms with Crippen molar-refractivity contribution in [1.82, 2.24) is 10.3 Å². The van der Waals surface area contributed by atoms with E-state index in [1.165, 1.54) is 22.2 Å². The molecule has 2 heterocycles. The van der Waals surface area contributed by atoms with Gasteiger partial charge in [-0.2, -0.15) is 0 Å². The maximum absolute atomic E-state index is 3.34. The van der Waals surface area contributed by atoms with Crippen LogP contribution in [0.15, 0.2) is 12.3 Å². The molecule has 2 N–H and O–H groups in total. The average Bonchev–Trinajstić information content (AvgIpc) is 2.10. The Labute approximate surface area is 73.5 Å². The molecule has 2 nitrogen and oxygen atoms in total. The third-order valence-electron chi connectivity index (χ3n) is 1.87. The van der Waals surface area contributed by atoms with E-state index in [-0.39, 0.29) is 0 Å². The first-order valence-corrected chi connectivity index (χ1v) is 4.51. The van der Waals surface area contributed by atoms with Crippen LogP contribution in [0.4, 0.5) is 0 Å². The highest BCUT2D eigenvalue weighted by Crippen LogP contribution is 2.22. The Morgan fingerprint density at radius 1 is 1.60 bits per heavy atom. The third-order valence-corrected chi connectivity index (χ3v) is 2.49. The molecule has 1 aliphatic heterocycles. The van der Waals surface area contributed by atoms with E-state index in [2.05, 4.69) is 39.0 Å². The molecule has 0 spiro atoms. The highest BCUT2D eigenvalue weighted by Gasteiger charge is 2.19. The molecule has 1 unspecified atom stereocenters. The van der Waals surface area contributed by atoms with Crippen molar-refractivity contribution in [3.8, 4) is 0 Å². The summed E-state index contributed by atoms with van der Waals surface area (Å²) in [6.45, 7) is 1.17. The largest absolute Gasteiger partial charge is 0.363 e. The Balaban J connectivity index is 2.17. The van der Waals surface area contributed by atoms with Gasteiger partial charge in [0.15, 0.2) is 0 Å². The minimum absolute atomic E-state index is 0.600. The number of rotatable bonds is 1. The minimum atomic E-state index is 0.600. The first-order valence-electron chi connectivity index (χ1n) is 3.43. The number of aromatic amines is 1. The van der Waals surface area contributed by atoms with Crippen LogP contribution in [-0.4, -0.2) is 11.5 Å². The maximum atomic E-state index is 3.34. The predicted molar refractivity (Wildman–Crippen MR) is 48.9 cm³/mol. The minimum Gasteiger partial charge on any atom is -0.363 e. The van der Waals surface area contributed by atoms with E-state index < -0.39 is 0 Å². The summed E-state index contributed by atoms with van der Waals surface area (Å²) in [7, 11) is 0. The first kappa shape index (κ1) is 6.67. The lowest BCUT2D eigenvalue weighted by Gasteiger charge is -2.26. The summed E-state index contributed by atoms with van der Waals surface area (Å²) in [6, 6.07) is 2.79. The topological polar surface area (TPSA) is 27.8 Å². The molecule has 54 valence electrons. The van der Waals surface area contributed by atoms with Crippen molar-refractivity contribution >= 4 is 22.6 Å². The molecule has 1 saturated heterocycles. The molecule has 1 atom stereocenters. The van der Waals surface area contributed by atoms with Gasteiger partial charge >= 0.3 is 0 Å². The smallest absolute Gasteiger partial charge is 0.0485 e. The number of hydrogen-bond acceptors (Lipinski definition) is 1. The lowest BCUT2D eigenvalue weighted by Crippen LogP contribution is -2.35. The van der Waals surface area contributed by atoms with Crippen LogP contribution in [0.1, 0.15) is 18.2 Å². The van der Waals surface area contributed by atoms with Gasteiger partial charge in [0.1, 0.15) is 0 Å². The molecule has 1 fully saturated rings. The van der Waals surface area contributed by atoms with Crippen LogP contribution in [0.25, 0.3) is 0 Å². The Morgan fingerprint density at radius 3 is 2.80 bits per heavy atom. The second kappa shape index (κ2) is 2.54. The predicted octanol–water partition coefficient (Wildman–Crippen LogP) is 1.65. The summed E-state index contributed by atoms with van der Waals surface area (Å²) in [5.74, 6) is 0. The van der Waals surface area contributed by atoms with Gasteiger partial charge in [-0.1, -0.05) is 0 Å². The fourth-order valence-corrected chi connectivity index (χ4v) is 1.63. The lowest BCUT2D eigenvalue weighted by molar-refractivity contribution is 0.376. The number of aromatic nitrogens is 1. The SMILES string of the molecule is Ic1c[nH]c(C2CCN2)c1. The second-order valence-corrected chi connectivity index (χ2v) is 3.81. The first-order chi connectivity index (χ1) is 4.86. The highest BCUT2D eigenvalue weighted by atomic mass is 127. The van der Waals surface area contributed by atoms with Crippen LogP contribution in [0.3, 0.4) is 0 Å². The highest BCUT2D eigenvalue weighted by molar-refractivity contribution is 14.1. The van der Waals surface area contributed by atoms with Crippen LogP contribution in [0, 0.1) is 3.57 Å². The standard InChI is InChI=1S/C7H9IN2/c8-5-3-7(10-4-5)6-1-2-9-6/h3-4,6,9-10H,1-2H2. The van der Waals surface area contributed by atoms with Gasteiger partial charge in [-0.15, -0.1) is 0 Å². The van der Waals surface area contributed by atoms with E-state index in [0.717, 1.165) is 0 Å². The van der Waals surface area contributed by atoms with Crippen LogP contribution < -0.4 is 5.32 Å². The molecule has 0 amide bonds. The Kier molecular flexibility index (Phi) is 1.69. The van der Waals surface area contributed by atoms with Gasteiger partial charge in [0.2, 0.25) is 0 Å². The summed E-state index contributed by atoms with van der Waals surface area (Å²) in [6.07, 6.45) is 3.31. The van der Waals surface area contributed by atoms with Gasteiger partial charge < -0.3 is 10.3 Å². The van der Waals surface area contributed by atoms with Crippen molar-refractivity contribution in [2.24, 2.45) is 0 Å². The van der Waals surface area contributed by atoms with Crippen LogP contribution in [0.5, 0.6) is 0 Å². The molecule has 0 radical (unpaired) electrons. The molecule has 0 aliphatic carbocycles. The van der Waals surface area contributed by atoms with E-state index in [0.29, 0.717) is 6.04 Å². The number of hydrogen-bond donors (Lipinski definition) is 2. The van der Waals surface area contributed by atoms with E-state index >= 15 is 0 Å². The van der Waals surface area contributed by atoms with E-state index in [1.807, 2.05) is 6.20 Å². The zero-order valence-electron chi connectivity index (χ0n) is 5.52. The molecular weight excluding hydrogens is 239 g/mol. The fraction of sp³-hybridized carbons (Fsp3) is 0.429. The van der Waals surface area contributed by atoms with Crippen LogP contribution in [-0.2, 0) is 0 Å². The quantitative estimate of drug-likeness (QED) is 0.726. The molecule has 10 heavy (non-hydrogen) atoms. The number of H-pyrrole nitrogens is 1.